The molecule has 1 unspecified atom stereocenters. The lowest BCUT2D eigenvalue weighted by atomic mass is 10.1. The number of hydrogen-bond donors (Lipinski definition) is 1. The van der Waals surface area contributed by atoms with Gasteiger partial charge in [0.2, 0.25) is 5.79 Å². The van der Waals surface area contributed by atoms with E-state index in [0.29, 0.717) is 18.1 Å². The Balaban J connectivity index is 2.23. The van der Waals surface area contributed by atoms with Crippen molar-refractivity contribution in [2.75, 3.05) is 6.61 Å². The molecule has 0 aromatic heterocycles. The third-order valence-corrected chi connectivity index (χ3v) is 2.68. The third-order valence-electron chi connectivity index (χ3n) is 2.45. The summed E-state index contributed by atoms with van der Waals surface area (Å²) >= 11 is 5.86. The molecule has 1 aromatic carbocycles. The summed E-state index contributed by atoms with van der Waals surface area (Å²) < 4.78 is 11.2. The Morgan fingerprint density at radius 3 is 3.07 bits per heavy atom. The first-order chi connectivity index (χ1) is 7.13. The molecule has 15 heavy (non-hydrogen) atoms. The first-order valence-corrected chi connectivity index (χ1v) is 5.23. The zero-order valence-electron chi connectivity index (χ0n) is 8.50. The number of benzene rings is 1. The van der Waals surface area contributed by atoms with Crippen LogP contribution in [0.4, 0.5) is 0 Å². The molecule has 0 bridgehead atoms. The average Bonchev–Trinajstić information content (AvgIpc) is 2.19. The monoisotopic (exact) mass is 228 g/mol. The van der Waals surface area contributed by atoms with Crippen molar-refractivity contribution in [1.29, 1.82) is 0 Å². The normalized spacial score (nSPS) is 24.5. The molecule has 1 aliphatic heterocycles. The van der Waals surface area contributed by atoms with Crippen LogP contribution in [0.15, 0.2) is 18.2 Å². The van der Waals surface area contributed by atoms with Crippen LogP contribution >= 0.6 is 11.6 Å². The van der Waals surface area contributed by atoms with Crippen molar-refractivity contribution in [1.82, 2.24) is 0 Å². The van der Waals surface area contributed by atoms with Crippen LogP contribution in [0.25, 0.3) is 0 Å². The molecule has 3 nitrogen and oxygen atoms in total. The van der Waals surface area contributed by atoms with E-state index >= 15 is 0 Å². The predicted octanol–water partition coefficient (Wildman–Crippen LogP) is 2.35. The lowest BCUT2D eigenvalue weighted by Crippen LogP contribution is -2.39. The summed E-state index contributed by atoms with van der Waals surface area (Å²) in [6.45, 7) is 2.33. The van der Waals surface area contributed by atoms with Gasteiger partial charge in [0, 0.05) is 30.5 Å². The highest BCUT2D eigenvalue weighted by atomic mass is 35.5. The van der Waals surface area contributed by atoms with E-state index in [2.05, 4.69) is 0 Å². The van der Waals surface area contributed by atoms with Crippen molar-refractivity contribution >= 4 is 11.6 Å². The molecule has 0 saturated carbocycles. The molecule has 0 spiro atoms. The summed E-state index contributed by atoms with van der Waals surface area (Å²) in [5.41, 5.74) is 0.943. The SMILES string of the molecule is CC1(CCO)OCc2cc(Cl)ccc2O1. The smallest absolute Gasteiger partial charge is 0.210 e. The van der Waals surface area contributed by atoms with Crippen LogP contribution in [0.1, 0.15) is 18.9 Å². The molecule has 1 aromatic rings. The first kappa shape index (κ1) is 10.7. The van der Waals surface area contributed by atoms with Crippen LogP contribution in [0.3, 0.4) is 0 Å². The van der Waals surface area contributed by atoms with E-state index < -0.39 is 5.79 Å². The highest BCUT2D eigenvalue weighted by Crippen LogP contribution is 2.34. The summed E-state index contributed by atoms with van der Waals surface area (Å²) in [5.74, 6) is 0.0527. The van der Waals surface area contributed by atoms with Crippen LogP contribution in [-0.2, 0) is 11.3 Å². The van der Waals surface area contributed by atoms with Crippen LogP contribution in [0.5, 0.6) is 5.75 Å². The maximum Gasteiger partial charge on any atom is 0.210 e. The fourth-order valence-electron chi connectivity index (χ4n) is 1.58. The van der Waals surface area contributed by atoms with Crippen molar-refractivity contribution in [3.63, 3.8) is 0 Å². The minimum absolute atomic E-state index is 0.0411. The molecule has 0 saturated heterocycles. The van der Waals surface area contributed by atoms with Gasteiger partial charge in [0.25, 0.3) is 0 Å². The number of fused-ring (bicyclic) bond motifs is 1. The molecule has 0 radical (unpaired) electrons. The molecule has 0 amide bonds. The molecule has 0 fully saturated rings. The zero-order chi connectivity index (χ0) is 10.9. The summed E-state index contributed by atoms with van der Waals surface area (Å²) in [5, 5.41) is 9.57. The lowest BCUT2D eigenvalue weighted by molar-refractivity contribution is -0.201. The highest BCUT2D eigenvalue weighted by molar-refractivity contribution is 6.30. The lowest BCUT2D eigenvalue weighted by Gasteiger charge is -2.35. The standard InChI is InChI=1S/C11H13ClO3/c1-11(4-5-13)14-7-8-6-9(12)2-3-10(8)15-11/h2-3,6,13H,4-5,7H2,1H3. The van der Waals surface area contributed by atoms with E-state index in [4.69, 9.17) is 26.2 Å². The molecule has 1 atom stereocenters. The van der Waals surface area contributed by atoms with E-state index in [1.54, 1.807) is 6.07 Å². The maximum absolute atomic E-state index is 8.89. The topological polar surface area (TPSA) is 38.7 Å². The Hall–Kier alpha value is -0.770. The van der Waals surface area contributed by atoms with Gasteiger partial charge in [-0.1, -0.05) is 11.6 Å². The highest BCUT2D eigenvalue weighted by Gasteiger charge is 2.31. The van der Waals surface area contributed by atoms with Gasteiger partial charge in [-0.25, -0.2) is 0 Å². The number of ether oxygens (including phenoxy) is 2. The Morgan fingerprint density at radius 2 is 2.33 bits per heavy atom. The zero-order valence-corrected chi connectivity index (χ0v) is 9.25. The van der Waals surface area contributed by atoms with Gasteiger partial charge in [0.05, 0.1) is 6.61 Å². The van der Waals surface area contributed by atoms with Crippen LogP contribution in [0.2, 0.25) is 5.02 Å². The fraction of sp³-hybridized carbons (Fsp3) is 0.455. The van der Waals surface area contributed by atoms with E-state index in [1.165, 1.54) is 0 Å². The van der Waals surface area contributed by atoms with Crippen molar-refractivity contribution in [3.8, 4) is 5.75 Å². The van der Waals surface area contributed by atoms with Gasteiger partial charge < -0.3 is 14.6 Å². The van der Waals surface area contributed by atoms with Gasteiger partial charge in [-0.15, -0.1) is 0 Å². The molecular formula is C11H13ClO3. The molecule has 82 valence electrons. The molecule has 1 aliphatic rings. The maximum atomic E-state index is 8.89. The van der Waals surface area contributed by atoms with Crippen molar-refractivity contribution < 1.29 is 14.6 Å². The minimum Gasteiger partial charge on any atom is -0.462 e. The Kier molecular flexibility index (Phi) is 2.87. The van der Waals surface area contributed by atoms with E-state index in [1.807, 2.05) is 19.1 Å². The van der Waals surface area contributed by atoms with E-state index in [9.17, 15) is 0 Å². The number of halogens is 1. The quantitative estimate of drug-likeness (QED) is 0.845. The Bertz CT molecular complexity index is 367. The summed E-state index contributed by atoms with van der Waals surface area (Å²) in [6, 6.07) is 5.44. The number of hydrogen-bond acceptors (Lipinski definition) is 3. The van der Waals surface area contributed by atoms with Crippen LogP contribution < -0.4 is 4.74 Å². The first-order valence-electron chi connectivity index (χ1n) is 4.85. The van der Waals surface area contributed by atoms with Gasteiger partial charge in [-0.3, -0.25) is 0 Å². The average molecular weight is 229 g/mol. The number of rotatable bonds is 2. The molecular weight excluding hydrogens is 216 g/mol. The second-order valence-corrected chi connectivity index (χ2v) is 4.19. The van der Waals surface area contributed by atoms with E-state index in [-0.39, 0.29) is 6.61 Å². The largest absolute Gasteiger partial charge is 0.462 e. The van der Waals surface area contributed by atoms with Crippen molar-refractivity contribution in [3.05, 3.63) is 28.8 Å². The molecule has 4 heteroatoms. The number of aliphatic hydroxyl groups is 1. The third kappa shape index (κ3) is 2.25. The number of aliphatic hydroxyl groups excluding tert-OH is 1. The predicted molar refractivity (Wildman–Crippen MR) is 57.0 cm³/mol. The van der Waals surface area contributed by atoms with Crippen LogP contribution in [-0.4, -0.2) is 17.5 Å². The van der Waals surface area contributed by atoms with Crippen LogP contribution in [0, 0.1) is 0 Å². The van der Waals surface area contributed by atoms with Crippen molar-refractivity contribution in [2.24, 2.45) is 0 Å². The Morgan fingerprint density at radius 1 is 1.53 bits per heavy atom. The second-order valence-electron chi connectivity index (χ2n) is 3.75. The summed E-state index contributed by atoms with van der Waals surface area (Å²) in [4.78, 5) is 0. The minimum atomic E-state index is -0.727. The van der Waals surface area contributed by atoms with Crippen molar-refractivity contribution in [2.45, 2.75) is 25.7 Å². The summed E-state index contributed by atoms with van der Waals surface area (Å²) in [6.07, 6.45) is 0.453. The van der Waals surface area contributed by atoms with Gasteiger partial charge in [0.15, 0.2) is 0 Å². The van der Waals surface area contributed by atoms with Gasteiger partial charge in [-0.05, 0) is 18.2 Å². The fourth-order valence-corrected chi connectivity index (χ4v) is 1.77. The Labute approximate surface area is 93.6 Å². The molecule has 0 aliphatic carbocycles. The molecule has 1 N–H and O–H groups in total. The second kappa shape index (κ2) is 4.00. The van der Waals surface area contributed by atoms with Gasteiger partial charge in [-0.2, -0.15) is 0 Å². The van der Waals surface area contributed by atoms with Gasteiger partial charge in [0.1, 0.15) is 5.75 Å². The van der Waals surface area contributed by atoms with E-state index in [0.717, 1.165) is 11.3 Å². The summed E-state index contributed by atoms with van der Waals surface area (Å²) in [7, 11) is 0. The van der Waals surface area contributed by atoms with Gasteiger partial charge >= 0.3 is 0 Å². The molecule has 1 heterocycles. The molecule has 2 rings (SSSR count).